The molecule has 0 aliphatic carbocycles. The molecule has 4 heteroatoms. The second-order valence-corrected chi connectivity index (χ2v) is 5.10. The van der Waals surface area contributed by atoms with Crippen molar-refractivity contribution in [1.29, 1.82) is 0 Å². The minimum atomic E-state index is 0.901. The van der Waals surface area contributed by atoms with Crippen LogP contribution in [0, 0.1) is 6.92 Å². The zero-order chi connectivity index (χ0) is 13.2. The van der Waals surface area contributed by atoms with Crippen LogP contribution >= 0.6 is 0 Å². The lowest BCUT2D eigenvalue weighted by molar-refractivity contribution is 0.560. The third-order valence-corrected chi connectivity index (χ3v) is 3.80. The fourth-order valence-corrected chi connectivity index (χ4v) is 2.66. The van der Waals surface area contributed by atoms with Crippen LogP contribution in [0.25, 0.3) is 0 Å². The lowest BCUT2D eigenvalue weighted by atomic mass is 10.1. The highest BCUT2D eigenvalue weighted by molar-refractivity contribution is 5.51. The van der Waals surface area contributed by atoms with Gasteiger partial charge < -0.3 is 14.8 Å². The summed E-state index contributed by atoms with van der Waals surface area (Å²) < 4.78 is 2.23. The van der Waals surface area contributed by atoms with Crippen molar-refractivity contribution in [2.24, 2.45) is 0 Å². The summed E-state index contributed by atoms with van der Waals surface area (Å²) in [5, 5.41) is 3.21. The molecular formula is C15H20N4. The second-order valence-electron chi connectivity index (χ2n) is 5.10. The fourth-order valence-electron chi connectivity index (χ4n) is 2.66. The molecule has 0 saturated carbocycles. The molecule has 1 aliphatic rings. The molecule has 100 valence electrons. The summed E-state index contributed by atoms with van der Waals surface area (Å²) in [5.41, 5.74) is 4.01. The SMILES string of the molecule is CNCc1ccc(N2CCn3ccnc3C2)cc1C. The molecular weight excluding hydrogens is 236 g/mol. The van der Waals surface area contributed by atoms with E-state index in [9.17, 15) is 0 Å². The van der Waals surface area contributed by atoms with Crippen molar-refractivity contribution in [2.45, 2.75) is 26.6 Å². The van der Waals surface area contributed by atoms with Crippen molar-refractivity contribution in [3.63, 3.8) is 0 Å². The lowest BCUT2D eigenvalue weighted by Gasteiger charge is -2.30. The predicted molar refractivity (Wildman–Crippen MR) is 77.2 cm³/mol. The van der Waals surface area contributed by atoms with Gasteiger partial charge in [0.2, 0.25) is 0 Å². The molecule has 19 heavy (non-hydrogen) atoms. The van der Waals surface area contributed by atoms with Crippen LogP contribution < -0.4 is 10.2 Å². The van der Waals surface area contributed by atoms with Crippen LogP contribution in [0.3, 0.4) is 0 Å². The Labute approximate surface area is 114 Å². The average Bonchev–Trinajstić information content (AvgIpc) is 2.88. The van der Waals surface area contributed by atoms with E-state index in [1.54, 1.807) is 0 Å². The van der Waals surface area contributed by atoms with E-state index in [1.807, 2.05) is 13.2 Å². The van der Waals surface area contributed by atoms with Crippen molar-refractivity contribution in [3.8, 4) is 0 Å². The number of nitrogens with one attached hydrogen (secondary N) is 1. The normalized spacial score (nSPS) is 14.5. The summed E-state index contributed by atoms with van der Waals surface area (Å²) in [7, 11) is 1.98. The van der Waals surface area contributed by atoms with E-state index in [2.05, 4.69) is 51.1 Å². The van der Waals surface area contributed by atoms with Crippen LogP contribution in [0.2, 0.25) is 0 Å². The summed E-state index contributed by atoms with van der Waals surface area (Å²) in [6.07, 6.45) is 3.95. The van der Waals surface area contributed by atoms with Crippen LogP contribution in [0.15, 0.2) is 30.6 Å². The first kappa shape index (κ1) is 12.2. The standard InChI is InChI=1S/C15H20N4/c1-12-9-14(4-3-13(12)10-16-2)19-8-7-18-6-5-17-15(18)11-19/h3-6,9,16H,7-8,10-11H2,1-2H3. The number of anilines is 1. The number of hydrogen-bond acceptors (Lipinski definition) is 3. The number of rotatable bonds is 3. The van der Waals surface area contributed by atoms with Crippen molar-refractivity contribution in [1.82, 2.24) is 14.9 Å². The van der Waals surface area contributed by atoms with Gasteiger partial charge >= 0.3 is 0 Å². The quantitative estimate of drug-likeness (QED) is 0.911. The molecule has 4 nitrogen and oxygen atoms in total. The maximum Gasteiger partial charge on any atom is 0.128 e. The summed E-state index contributed by atoms with van der Waals surface area (Å²) in [6.45, 7) is 6.08. The molecule has 2 heterocycles. The number of benzene rings is 1. The zero-order valence-corrected chi connectivity index (χ0v) is 11.6. The molecule has 0 radical (unpaired) electrons. The number of aryl methyl sites for hydroxylation is 1. The van der Waals surface area contributed by atoms with E-state index in [0.29, 0.717) is 0 Å². The largest absolute Gasteiger partial charge is 0.362 e. The van der Waals surface area contributed by atoms with Gasteiger partial charge in [0.15, 0.2) is 0 Å². The molecule has 1 aromatic heterocycles. The molecule has 1 aromatic carbocycles. The van der Waals surface area contributed by atoms with E-state index in [4.69, 9.17) is 0 Å². The van der Waals surface area contributed by atoms with Gasteiger partial charge in [-0.15, -0.1) is 0 Å². The minimum Gasteiger partial charge on any atom is -0.362 e. The molecule has 1 N–H and O–H groups in total. The molecule has 0 saturated heterocycles. The van der Waals surface area contributed by atoms with Crippen LogP contribution in [0.5, 0.6) is 0 Å². The second kappa shape index (κ2) is 5.05. The van der Waals surface area contributed by atoms with Crippen molar-refractivity contribution < 1.29 is 0 Å². The summed E-state index contributed by atoms with van der Waals surface area (Å²) in [5.74, 6) is 1.16. The number of aromatic nitrogens is 2. The number of imidazole rings is 1. The van der Waals surface area contributed by atoms with Gasteiger partial charge in [-0.3, -0.25) is 0 Å². The Kier molecular flexibility index (Phi) is 3.25. The lowest BCUT2D eigenvalue weighted by Crippen LogP contribution is -2.33. The third-order valence-electron chi connectivity index (χ3n) is 3.80. The van der Waals surface area contributed by atoms with Crippen LogP contribution in [-0.2, 0) is 19.6 Å². The summed E-state index contributed by atoms with van der Waals surface area (Å²) >= 11 is 0. The molecule has 0 atom stereocenters. The van der Waals surface area contributed by atoms with Gasteiger partial charge in [0.1, 0.15) is 5.82 Å². The van der Waals surface area contributed by atoms with Gasteiger partial charge in [0.05, 0.1) is 6.54 Å². The Balaban J connectivity index is 1.82. The highest BCUT2D eigenvalue weighted by Gasteiger charge is 2.17. The van der Waals surface area contributed by atoms with Crippen molar-refractivity contribution in [3.05, 3.63) is 47.5 Å². The molecule has 0 fully saturated rings. The molecule has 1 aliphatic heterocycles. The Morgan fingerprint density at radius 1 is 1.32 bits per heavy atom. The first-order valence-electron chi connectivity index (χ1n) is 6.77. The Bertz CT molecular complexity index is 573. The van der Waals surface area contributed by atoms with E-state index in [1.165, 1.54) is 16.8 Å². The van der Waals surface area contributed by atoms with Gasteiger partial charge in [-0.25, -0.2) is 4.98 Å². The van der Waals surface area contributed by atoms with Crippen molar-refractivity contribution >= 4 is 5.69 Å². The van der Waals surface area contributed by atoms with Gasteiger partial charge in [0.25, 0.3) is 0 Å². The number of hydrogen-bond donors (Lipinski definition) is 1. The Morgan fingerprint density at radius 2 is 2.21 bits per heavy atom. The highest BCUT2D eigenvalue weighted by Crippen LogP contribution is 2.23. The maximum absolute atomic E-state index is 4.41. The van der Waals surface area contributed by atoms with Gasteiger partial charge in [-0.05, 0) is 37.2 Å². The topological polar surface area (TPSA) is 33.1 Å². The predicted octanol–water partition coefficient (Wildman–Crippen LogP) is 1.93. The molecule has 0 spiro atoms. The molecule has 2 aromatic rings. The van der Waals surface area contributed by atoms with E-state index in [0.717, 1.165) is 32.0 Å². The first-order valence-corrected chi connectivity index (χ1v) is 6.77. The minimum absolute atomic E-state index is 0.901. The summed E-state index contributed by atoms with van der Waals surface area (Å²) in [6, 6.07) is 6.73. The van der Waals surface area contributed by atoms with Gasteiger partial charge in [0, 0.05) is 37.7 Å². The summed E-state index contributed by atoms with van der Waals surface area (Å²) in [4.78, 5) is 6.81. The van der Waals surface area contributed by atoms with Crippen LogP contribution in [0.4, 0.5) is 5.69 Å². The first-order chi connectivity index (χ1) is 9.28. The number of fused-ring (bicyclic) bond motifs is 1. The van der Waals surface area contributed by atoms with E-state index >= 15 is 0 Å². The van der Waals surface area contributed by atoms with Crippen LogP contribution in [0.1, 0.15) is 17.0 Å². The van der Waals surface area contributed by atoms with Crippen LogP contribution in [-0.4, -0.2) is 23.1 Å². The van der Waals surface area contributed by atoms with Gasteiger partial charge in [-0.2, -0.15) is 0 Å². The van der Waals surface area contributed by atoms with Crippen molar-refractivity contribution in [2.75, 3.05) is 18.5 Å². The Morgan fingerprint density at radius 3 is 3.00 bits per heavy atom. The molecule has 0 amide bonds. The van der Waals surface area contributed by atoms with E-state index in [-0.39, 0.29) is 0 Å². The average molecular weight is 256 g/mol. The molecule has 0 bridgehead atoms. The molecule has 0 unspecified atom stereocenters. The number of nitrogens with zero attached hydrogens (tertiary/aromatic N) is 3. The van der Waals surface area contributed by atoms with Gasteiger partial charge in [-0.1, -0.05) is 6.07 Å². The monoisotopic (exact) mass is 256 g/mol. The zero-order valence-electron chi connectivity index (χ0n) is 11.6. The molecule has 3 rings (SSSR count). The highest BCUT2D eigenvalue weighted by atomic mass is 15.2. The third kappa shape index (κ3) is 2.36. The fraction of sp³-hybridized carbons (Fsp3) is 0.400. The maximum atomic E-state index is 4.41. The van der Waals surface area contributed by atoms with E-state index < -0.39 is 0 Å². The smallest absolute Gasteiger partial charge is 0.128 e. The Hall–Kier alpha value is -1.81.